The van der Waals surface area contributed by atoms with E-state index < -0.39 is 0 Å². The van der Waals surface area contributed by atoms with Gasteiger partial charge in [0.05, 0.1) is 11.4 Å². The monoisotopic (exact) mass is 716 g/mol. The molecule has 0 aliphatic heterocycles. The number of furan rings is 2. The summed E-state index contributed by atoms with van der Waals surface area (Å²) in [6.07, 6.45) is 0. The molecular weight excluding hydrogens is 685 g/mol. The SMILES string of the molecule is c1ccc(-c2ccc(-c3cc(-c4ccc(-c5ccc(-c6ccc7oc8ccccc8c7c6)c6c5oc5ccccc56)cc4)nc(-c4ccccc4)n3)cc2)cc1. The predicted molar refractivity (Wildman–Crippen MR) is 229 cm³/mol. The Morgan fingerprint density at radius 1 is 0.304 bits per heavy atom. The molecule has 0 bridgehead atoms. The number of rotatable bonds is 6. The lowest BCUT2D eigenvalue weighted by Gasteiger charge is -2.11. The molecule has 0 saturated carbocycles. The minimum Gasteiger partial charge on any atom is -0.456 e. The largest absolute Gasteiger partial charge is 0.456 e. The lowest BCUT2D eigenvalue weighted by Crippen LogP contribution is -1.96. The standard InChI is InChI=1S/C52H32N2O2/c1-3-11-33(12-4-1)34-19-23-36(24-20-34)45-32-46(54-52(53-45)38-13-5-2-6-14-38)37-25-21-35(22-26-37)41-29-28-40(50-43-16-8-10-18-48(43)56-51(41)50)39-27-30-49-44(31-39)42-15-7-9-17-47(42)55-49/h1-32H. The van der Waals surface area contributed by atoms with E-state index in [9.17, 15) is 0 Å². The maximum absolute atomic E-state index is 6.68. The van der Waals surface area contributed by atoms with E-state index in [1.165, 1.54) is 11.1 Å². The molecule has 4 nitrogen and oxygen atoms in total. The minimum atomic E-state index is 0.690. The van der Waals surface area contributed by atoms with Gasteiger partial charge in [0.15, 0.2) is 5.82 Å². The summed E-state index contributed by atoms with van der Waals surface area (Å²) in [7, 11) is 0. The summed E-state index contributed by atoms with van der Waals surface area (Å²) in [5, 5.41) is 4.40. The van der Waals surface area contributed by atoms with Crippen LogP contribution in [0.2, 0.25) is 0 Å². The van der Waals surface area contributed by atoms with Crippen molar-refractivity contribution in [3.63, 3.8) is 0 Å². The van der Waals surface area contributed by atoms with E-state index in [-0.39, 0.29) is 0 Å². The van der Waals surface area contributed by atoms with E-state index in [1.807, 2.05) is 48.5 Å². The van der Waals surface area contributed by atoms with Crippen molar-refractivity contribution in [1.82, 2.24) is 9.97 Å². The van der Waals surface area contributed by atoms with Crippen molar-refractivity contribution in [2.24, 2.45) is 0 Å². The van der Waals surface area contributed by atoms with Gasteiger partial charge in [-0.3, -0.25) is 0 Å². The lowest BCUT2D eigenvalue weighted by molar-refractivity contribution is 0.669. The van der Waals surface area contributed by atoms with Crippen molar-refractivity contribution < 1.29 is 8.83 Å². The van der Waals surface area contributed by atoms with E-state index in [1.54, 1.807) is 0 Å². The second-order valence-corrected chi connectivity index (χ2v) is 14.1. The molecule has 0 radical (unpaired) electrons. The Bertz CT molecular complexity index is 3220. The maximum Gasteiger partial charge on any atom is 0.160 e. The summed E-state index contributed by atoms with van der Waals surface area (Å²) in [6.45, 7) is 0. The summed E-state index contributed by atoms with van der Waals surface area (Å²) >= 11 is 0. The van der Waals surface area contributed by atoms with E-state index in [4.69, 9.17) is 18.8 Å². The third-order valence-corrected chi connectivity index (χ3v) is 10.8. The van der Waals surface area contributed by atoms with E-state index in [2.05, 4.69) is 146 Å². The number of hydrogen-bond donors (Lipinski definition) is 0. The van der Waals surface area contributed by atoms with Crippen LogP contribution in [0.15, 0.2) is 203 Å². The van der Waals surface area contributed by atoms with Crippen molar-refractivity contribution in [1.29, 1.82) is 0 Å². The molecule has 0 aliphatic rings. The van der Waals surface area contributed by atoms with Gasteiger partial charge in [-0.2, -0.15) is 0 Å². The Balaban J connectivity index is 1.00. The molecule has 3 aromatic heterocycles. The van der Waals surface area contributed by atoms with Crippen molar-refractivity contribution in [3.05, 3.63) is 194 Å². The lowest BCUT2D eigenvalue weighted by atomic mass is 9.93. The number of fused-ring (bicyclic) bond motifs is 6. The number of aromatic nitrogens is 2. The zero-order chi connectivity index (χ0) is 37.0. The predicted octanol–water partition coefficient (Wildman–Crippen LogP) is 14.3. The Morgan fingerprint density at radius 3 is 1.50 bits per heavy atom. The average Bonchev–Trinajstić information content (AvgIpc) is 3.85. The van der Waals surface area contributed by atoms with Crippen molar-refractivity contribution in [2.45, 2.75) is 0 Å². The van der Waals surface area contributed by atoms with Crippen LogP contribution in [-0.4, -0.2) is 9.97 Å². The Morgan fingerprint density at radius 2 is 0.804 bits per heavy atom. The Kier molecular flexibility index (Phi) is 7.46. The van der Waals surface area contributed by atoms with Crippen molar-refractivity contribution in [2.75, 3.05) is 0 Å². The molecule has 0 spiro atoms. The molecule has 56 heavy (non-hydrogen) atoms. The topological polar surface area (TPSA) is 52.1 Å². The molecule has 0 fully saturated rings. The van der Waals surface area contributed by atoms with Gasteiger partial charge in [0.1, 0.15) is 22.3 Å². The molecule has 0 N–H and O–H groups in total. The second kappa shape index (κ2) is 13.1. The second-order valence-electron chi connectivity index (χ2n) is 14.1. The fraction of sp³-hybridized carbons (Fsp3) is 0. The summed E-state index contributed by atoms with van der Waals surface area (Å²) in [6, 6.07) is 67.3. The van der Waals surface area contributed by atoms with Crippen LogP contribution < -0.4 is 0 Å². The van der Waals surface area contributed by atoms with Gasteiger partial charge in [0.2, 0.25) is 0 Å². The average molecular weight is 717 g/mol. The van der Waals surface area contributed by atoms with Gasteiger partial charge in [0.25, 0.3) is 0 Å². The highest BCUT2D eigenvalue weighted by atomic mass is 16.3. The molecule has 4 heteroatoms. The molecule has 0 saturated heterocycles. The number of benzene rings is 8. The van der Waals surface area contributed by atoms with Gasteiger partial charge in [-0.15, -0.1) is 0 Å². The molecule has 0 aliphatic carbocycles. The van der Waals surface area contributed by atoms with E-state index in [0.717, 1.165) is 94.2 Å². The van der Waals surface area contributed by atoms with Crippen LogP contribution in [0.5, 0.6) is 0 Å². The van der Waals surface area contributed by atoms with E-state index >= 15 is 0 Å². The summed E-state index contributed by atoms with van der Waals surface area (Å²) in [5.41, 5.74) is 14.9. The van der Waals surface area contributed by atoms with Crippen LogP contribution in [0.3, 0.4) is 0 Å². The highest BCUT2D eigenvalue weighted by Gasteiger charge is 2.19. The third-order valence-electron chi connectivity index (χ3n) is 10.8. The van der Waals surface area contributed by atoms with Gasteiger partial charge < -0.3 is 8.83 Å². The number of nitrogens with zero attached hydrogens (tertiary/aromatic N) is 2. The first kappa shape index (κ1) is 31.9. The molecule has 0 unspecified atom stereocenters. The zero-order valence-electron chi connectivity index (χ0n) is 30.2. The van der Waals surface area contributed by atoms with Gasteiger partial charge in [-0.1, -0.05) is 158 Å². The highest BCUT2D eigenvalue weighted by molar-refractivity contribution is 6.17. The number of para-hydroxylation sites is 2. The van der Waals surface area contributed by atoms with Crippen LogP contribution in [0.25, 0.3) is 111 Å². The Labute approximate surface area is 323 Å². The van der Waals surface area contributed by atoms with Crippen LogP contribution in [0, 0.1) is 0 Å². The first-order chi connectivity index (χ1) is 27.7. The van der Waals surface area contributed by atoms with Gasteiger partial charge in [-0.05, 0) is 64.2 Å². The third kappa shape index (κ3) is 5.47. The fourth-order valence-corrected chi connectivity index (χ4v) is 7.93. The van der Waals surface area contributed by atoms with Crippen molar-refractivity contribution >= 4 is 43.9 Å². The quantitative estimate of drug-likeness (QED) is 0.172. The summed E-state index contributed by atoms with van der Waals surface area (Å²) < 4.78 is 12.8. The molecule has 0 atom stereocenters. The Hall–Kier alpha value is -7.56. The van der Waals surface area contributed by atoms with Crippen LogP contribution in [0.1, 0.15) is 0 Å². The smallest absolute Gasteiger partial charge is 0.160 e. The first-order valence-corrected chi connectivity index (χ1v) is 18.8. The summed E-state index contributed by atoms with van der Waals surface area (Å²) in [4.78, 5) is 10.1. The molecule has 11 rings (SSSR count). The number of hydrogen-bond acceptors (Lipinski definition) is 4. The van der Waals surface area contributed by atoms with Crippen LogP contribution >= 0.6 is 0 Å². The van der Waals surface area contributed by atoms with Gasteiger partial charge >= 0.3 is 0 Å². The molecule has 0 amide bonds. The maximum atomic E-state index is 6.68. The summed E-state index contributed by atoms with van der Waals surface area (Å²) in [5.74, 6) is 0.690. The zero-order valence-corrected chi connectivity index (χ0v) is 30.2. The van der Waals surface area contributed by atoms with Crippen LogP contribution in [0.4, 0.5) is 0 Å². The van der Waals surface area contributed by atoms with E-state index in [0.29, 0.717) is 5.82 Å². The molecule has 262 valence electrons. The normalized spacial score (nSPS) is 11.6. The molecule has 8 aromatic carbocycles. The van der Waals surface area contributed by atoms with Crippen LogP contribution in [-0.2, 0) is 0 Å². The highest BCUT2D eigenvalue weighted by Crippen LogP contribution is 2.43. The molecular formula is C52H32N2O2. The fourth-order valence-electron chi connectivity index (χ4n) is 7.93. The van der Waals surface area contributed by atoms with Gasteiger partial charge in [-0.25, -0.2) is 9.97 Å². The minimum absolute atomic E-state index is 0.690. The molecule has 3 heterocycles. The first-order valence-electron chi connectivity index (χ1n) is 18.8. The van der Waals surface area contributed by atoms with Gasteiger partial charge in [0, 0.05) is 43.8 Å². The van der Waals surface area contributed by atoms with Crippen molar-refractivity contribution in [3.8, 4) is 67.3 Å². The molecule has 11 aromatic rings.